The van der Waals surface area contributed by atoms with Gasteiger partial charge in [-0.15, -0.1) is 0 Å². The predicted octanol–water partition coefficient (Wildman–Crippen LogP) is 13.4. The summed E-state index contributed by atoms with van der Waals surface area (Å²) in [6.45, 7) is 0. The van der Waals surface area contributed by atoms with Gasteiger partial charge in [-0.05, 0) is 54.1 Å². The molecule has 6 heteroatoms. The fourth-order valence-electron chi connectivity index (χ4n) is 8.51. The summed E-state index contributed by atoms with van der Waals surface area (Å²) in [4.78, 5) is 15.4. The fraction of sp³-hybridized carbons (Fsp3) is 0. The highest BCUT2D eigenvalue weighted by Crippen LogP contribution is 2.42. The summed E-state index contributed by atoms with van der Waals surface area (Å²) in [5.74, 6) is 1.68. The summed E-state index contributed by atoms with van der Waals surface area (Å²) in [5, 5.41) is 6.41. The van der Waals surface area contributed by atoms with Crippen molar-refractivity contribution in [1.29, 1.82) is 0 Å². The van der Waals surface area contributed by atoms with E-state index >= 15 is 0 Å². The zero-order valence-electron chi connectivity index (χ0n) is 30.4. The van der Waals surface area contributed by atoms with E-state index in [-0.39, 0.29) is 0 Å². The molecule has 0 radical (unpaired) electrons. The van der Waals surface area contributed by atoms with Crippen LogP contribution in [0.3, 0.4) is 0 Å². The minimum absolute atomic E-state index is 0.532. The lowest BCUT2D eigenvalue weighted by molar-refractivity contribution is 0.669. The summed E-state index contributed by atoms with van der Waals surface area (Å²) in [7, 11) is 0. The lowest BCUT2D eigenvalue weighted by Crippen LogP contribution is -2.00. The van der Waals surface area contributed by atoms with Crippen LogP contribution in [0.2, 0.25) is 0 Å². The quantitative estimate of drug-likeness (QED) is 0.176. The number of fused-ring (bicyclic) bond motifs is 9. The summed E-state index contributed by atoms with van der Waals surface area (Å²) in [5.41, 5.74) is 11.3. The van der Waals surface area contributed by atoms with Crippen molar-refractivity contribution in [2.75, 3.05) is 0 Å². The average Bonchev–Trinajstić information content (AvgIpc) is 3.96. The first-order chi connectivity index (χ1) is 28.3. The van der Waals surface area contributed by atoms with Gasteiger partial charge < -0.3 is 13.4 Å². The fourth-order valence-corrected chi connectivity index (χ4v) is 8.51. The van der Waals surface area contributed by atoms with Crippen LogP contribution in [0, 0.1) is 0 Å². The third-order valence-electron chi connectivity index (χ3n) is 11.1. The largest absolute Gasteiger partial charge is 0.456 e. The van der Waals surface area contributed by atoms with Crippen molar-refractivity contribution < 1.29 is 8.83 Å². The van der Waals surface area contributed by atoms with Crippen LogP contribution in [0.5, 0.6) is 0 Å². The van der Waals surface area contributed by atoms with Gasteiger partial charge in [-0.1, -0.05) is 133 Å². The number of rotatable bonds is 5. The Bertz CT molecular complexity index is 3530. The van der Waals surface area contributed by atoms with E-state index in [4.69, 9.17) is 23.8 Å². The topological polar surface area (TPSA) is 69.9 Å². The van der Waals surface area contributed by atoms with Crippen LogP contribution in [0.4, 0.5) is 0 Å². The first-order valence-corrected chi connectivity index (χ1v) is 19.0. The molecule has 0 N–H and O–H groups in total. The monoisotopic (exact) mass is 730 g/mol. The number of aromatic nitrogens is 4. The van der Waals surface area contributed by atoms with Gasteiger partial charge in [0.25, 0.3) is 0 Å². The molecule has 12 rings (SSSR count). The average molecular weight is 731 g/mol. The molecule has 0 spiro atoms. The number of hydrogen-bond acceptors (Lipinski definition) is 5. The number of benzene rings is 8. The molecular formula is C51H30N4O2. The molecule has 57 heavy (non-hydrogen) atoms. The van der Waals surface area contributed by atoms with Gasteiger partial charge in [0.2, 0.25) is 0 Å². The van der Waals surface area contributed by atoms with E-state index < -0.39 is 0 Å². The van der Waals surface area contributed by atoms with Gasteiger partial charge in [0, 0.05) is 54.7 Å². The minimum atomic E-state index is 0.532. The van der Waals surface area contributed by atoms with Gasteiger partial charge in [-0.3, -0.25) is 0 Å². The minimum Gasteiger partial charge on any atom is -0.456 e. The van der Waals surface area contributed by atoms with Crippen LogP contribution in [-0.4, -0.2) is 19.5 Å². The molecule has 0 saturated heterocycles. The van der Waals surface area contributed by atoms with Crippen molar-refractivity contribution in [3.8, 4) is 51.0 Å². The second-order valence-electron chi connectivity index (χ2n) is 14.3. The normalized spacial score (nSPS) is 11.9. The molecule has 266 valence electrons. The standard InChI is InChI=1S/C51H30N4O2/c1-3-14-31(15-4-1)49-52-50(39-23-13-27-45-46(39)38-19-8-10-26-44(38)56-45)54-51(53-49)40-24-12-22-37-36-21-11-20-34(47(36)57-48(37)40)32-28-29-43-41(30-32)35-18-7-9-25-42(35)55(43)33-16-5-2-6-17-33/h1-30H. The Morgan fingerprint density at radius 1 is 0.351 bits per heavy atom. The maximum absolute atomic E-state index is 6.98. The van der Waals surface area contributed by atoms with E-state index in [0.29, 0.717) is 17.5 Å². The van der Waals surface area contributed by atoms with Crippen LogP contribution in [0.1, 0.15) is 0 Å². The lowest BCUT2D eigenvalue weighted by Gasteiger charge is -2.09. The summed E-state index contributed by atoms with van der Waals surface area (Å²) in [6.07, 6.45) is 0. The molecular weight excluding hydrogens is 701 g/mol. The van der Waals surface area contributed by atoms with Gasteiger partial charge in [-0.2, -0.15) is 0 Å². The molecule has 0 unspecified atom stereocenters. The van der Waals surface area contributed by atoms with E-state index in [1.807, 2.05) is 66.7 Å². The third kappa shape index (κ3) is 4.87. The van der Waals surface area contributed by atoms with Crippen LogP contribution in [-0.2, 0) is 0 Å². The summed E-state index contributed by atoms with van der Waals surface area (Å²) in [6, 6.07) is 62.7. The van der Waals surface area contributed by atoms with Gasteiger partial charge in [0.15, 0.2) is 17.5 Å². The number of nitrogens with zero attached hydrogens (tertiary/aromatic N) is 4. The molecule has 0 aliphatic heterocycles. The summed E-state index contributed by atoms with van der Waals surface area (Å²) < 4.78 is 15.6. The molecule has 0 saturated carbocycles. The Hall–Kier alpha value is -7.83. The molecule has 4 heterocycles. The van der Waals surface area contributed by atoms with Crippen LogP contribution in [0.25, 0.3) is 117 Å². The zero-order valence-corrected chi connectivity index (χ0v) is 30.4. The van der Waals surface area contributed by atoms with Gasteiger partial charge >= 0.3 is 0 Å². The third-order valence-corrected chi connectivity index (χ3v) is 11.1. The molecule has 6 nitrogen and oxygen atoms in total. The van der Waals surface area contributed by atoms with Crippen LogP contribution < -0.4 is 0 Å². The van der Waals surface area contributed by atoms with Crippen molar-refractivity contribution in [1.82, 2.24) is 19.5 Å². The maximum Gasteiger partial charge on any atom is 0.167 e. The van der Waals surface area contributed by atoms with Crippen molar-refractivity contribution in [2.24, 2.45) is 0 Å². The van der Waals surface area contributed by atoms with Gasteiger partial charge in [0.05, 0.1) is 16.6 Å². The molecule has 0 bridgehead atoms. The number of para-hydroxylation sites is 5. The molecule has 0 aliphatic carbocycles. The highest BCUT2D eigenvalue weighted by molar-refractivity contribution is 6.15. The Kier molecular flexibility index (Phi) is 6.83. The van der Waals surface area contributed by atoms with Crippen molar-refractivity contribution in [2.45, 2.75) is 0 Å². The number of hydrogen-bond donors (Lipinski definition) is 0. The SMILES string of the molecule is c1ccc(-c2nc(-c3cccc4c3oc3c(-c5ccc6c(c5)c5ccccc5n6-c5ccccc5)cccc34)nc(-c3cccc4oc5ccccc5c34)n2)cc1. The van der Waals surface area contributed by atoms with E-state index in [0.717, 1.165) is 82.9 Å². The predicted molar refractivity (Wildman–Crippen MR) is 230 cm³/mol. The summed E-state index contributed by atoms with van der Waals surface area (Å²) >= 11 is 0. The van der Waals surface area contributed by atoms with E-state index in [1.54, 1.807) is 0 Å². The molecule has 4 aromatic heterocycles. The smallest absolute Gasteiger partial charge is 0.167 e. The van der Waals surface area contributed by atoms with Gasteiger partial charge in [-0.25, -0.2) is 15.0 Å². The number of furan rings is 2. The Morgan fingerprint density at radius 2 is 0.930 bits per heavy atom. The molecule has 0 amide bonds. The lowest BCUT2D eigenvalue weighted by atomic mass is 10.00. The zero-order chi connectivity index (χ0) is 37.5. The van der Waals surface area contributed by atoms with E-state index in [2.05, 4.69) is 120 Å². The highest BCUT2D eigenvalue weighted by Gasteiger charge is 2.22. The van der Waals surface area contributed by atoms with Crippen LogP contribution in [0.15, 0.2) is 191 Å². The van der Waals surface area contributed by atoms with E-state index in [9.17, 15) is 0 Å². The van der Waals surface area contributed by atoms with Crippen LogP contribution >= 0.6 is 0 Å². The Balaban J connectivity index is 1.06. The molecule has 0 atom stereocenters. The van der Waals surface area contributed by atoms with Crippen molar-refractivity contribution in [3.63, 3.8) is 0 Å². The Morgan fingerprint density at radius 3 is 1.75 bits per heavy atom. The van der Waals surface area contributed by atoms with Crippen molar-refractivity contribution in [3.05, 3.63) is 182 Å². The van der Waals surface area contributed by atoms with Gasteiger partial charge in [0.1, 0.15) is 22.3 Å². The Labute approximate surface area is 325 Å². The second kappa shape index (κ2) is 12.3. The molecule has 0 aliphatic rings. The highest BCUT2D eigenvalue weighted by atomic mass is 16.3. The first kappa shape index (κ1) is 31.5. The molecule has 0 fully saturated rings. The molecule has 8 aromatic carbocycles. The molecule has 12 aromatic rings. The van der Waals surface area contributed by atoms with Crippen molar-refractivity contribution >= 4 is 65.7 Å². The second-order valence-corrected chi connectivity index (χ2v) is 14.3. The van der Waals surface area contributed by atoms with E-state index in [1.165, 1.54) is 16.3 Å². The first-order valence-electron chi connectivity index (χ1n) is 19.0. The maximum atomic E-state index is 6.98.